The molecule has 0 saturated heterocycles. The van der Waals surface area contributed by atoms with E-state index in [4.69, 9.17) is 0 Å². The Labute approximate surface area is 161 Å². The average molecular weight is 364 g/mol. The van der Waals surface area contributed by atoms with Crippen molar-refractivity contribution in [3.8, 4) is 16.8 Å². The van der Waals surface area contributed by atoms with E-state index in [2.05, 4.69) is 37.1 Å². The molecule has 0 saturated carbocycles. The molecular weight excluding hydrogens is 336 g/mol. The summed E-state index contributed by atoms with van der Waals surface area (Å²) in [6.45, 7) is 6.29. The predicted molar refractivity (Wildman–Crippen MR) is 109 cm³/mol. The molecule has 3 aromatic rings. The third-order valence-electron chi connectivity index (χ3n) is 5.31. The highest BCUT2D eigenvalue weighted by molar-refractivity contribution is 5.69. The summed E-state index contributed by atoms with van der Waals surface area (Å²) in [7, 11) is 0. The van der Waals surface area contributed by atoms with Gasteiger partial charge < -0.3 is 10.2 Å². The van der Waals surface area contributed by atoms with Gasteiger partial charge in [0.05, 0.1) is 24.6 Å². The van der Waals surface area contributed by atoms with Gasteiger partial charge in [-0.05, 0) is 71.7 Å². The van der Waals surface area contributed by atoms with Gasteiger partial charge in [-0.25, -0.2) is 4.68 Å². The summed E-state index contributed by atoms with van der Waals surface area (Å²) < 4.78 is 1.96. The third kappa shape index (κ3) is 3.97. The van der Waals surface area contributed by atoms with E-state index in [9.17, 15) is 10.2 Å². The normalized spacial score (nSPS) is 11.3. The van der Waals surface area contributed by atoms with E-state index >= 15 is 0 Å². The Morgan fingerprint density at radius 3 is 2.15 bits per heavy atom. The van der Waals surface area contributed by atoms with Gasteiger partial charge in [0.25, 0.3) is 0 Å². The van der Waals surface area contributed by atoms with E-state index in [0.717, 1.165) is 46.5 Å². The summed E-state index contributed by atoms with van der Waals surface area (Å²) in [5, 5.41) is 23.7. The second-order valence-corrected chi connectivity index (χ2v) is 6.99. The number of hydrogen-bond acceptors (Lipinski definition) is 3. The molecule has 142 valence electrons. The van der Waals surface area contributed by atoms with Crippen molar-refractivity contribution < 1.29 is 10.2 Å². The number of benzene rings is 2. The van der Waals surface area contributed by atoms with Gasteiger partial charge in [0.2, 0.25) is 0 Å². The molecule has 0 amide bonds. The smallest absolute Gasteiger partial charge is 0.0686 e. The fourth-order valence-corrected chi connectivity index (χ4v) is 3.65. The number of aliphatic hydroxyl groups excluding tert-OH is 2. The van der Waals surface area contributed by atoms with Crippen molar-refractivity contribution >= 4 is 0 Å². The number of aryl methyl sites for hydroxylation is 1. The van der Waals surface area contributed by atoms with Gasteiger partial charge >= 0.3 is 0 Å². The maximum Gasteiger partial charge on any atom is 0.0686 e. The lowest BCUT2D eigenvalue weighted by atomic mass is 9.90. The molecule has 0 atom stereocenters. The van der Waals surface area contributed by atoms with Crippen molar-refractivity contribution in [3.63, 3.8) is 0 Å². The zero-order valence-corrected chi connectivity index (χ0v) is 16.3. The standard InChI is InChI=1S/C23H28N2O2/c1-4-17(5-2)22-9-8-19(13-23(22)25-11-10-16(3)24-25)18-6-7-20(14-26)21(12-18)15-27/h6-13,17,26-27H,4-5,14-15H2,1-3H3. The van der Waals surface area contributed by atoms with E-state index in [0.29, 0.717) is 5.92 Å². The highest BCUT2D eigenvalue weighted by atomic mass is 16.3. The van der Waals surface area contributed by atoms with Crippen LogP contribution in [-0.2, 0) is 13.2 Å². The lowest BCUT2D eigenvalue weighted by Crippen LogP contribution is -2.05. The molecule has 1 aromatic heterocycles. The first-order valence-electron chi connectivity index (χ1n) is 9.61. The van der Waals surface area contributed by atoms with Crippen LogP contribution < -0.4 is 0 Å². The van der Waals surface area contributed by atoms with Gasteiger partial charge in [-0.15, -0.1) is 0 Å². The molecule has 0 radical (unpaired) electrons. The highest BCUT2D eigenvalue weighted by Crippen LogP contribution is 2.33. The summed E-state index contributed by atoms with van der Waals surface area (Å²) in [5.74, 6) is 0.489. The van der Waals surface area contributed by atoms with Crippen molar-refractivity contribution in [3.05, 3.63) is 71.0 Å². The Morgan fingerprint density at radius 1 is 0.889 bits per heavy atom. The van der Waals surface area contributed by atoms with Crippen molar-refractivity contribution in [2.75, 3.05) is 0 Å². The first-order chi connectivity index (χ1) is 13.1. The van der Waals surface area contributed by atoms with E-state index in [1.54, 1.807) is 0 Å². The molecule has 4 nitrogen and oxygen atoms in total. The lowest BCUT2D eigenvalue weighted by Gasteiger charge is -2.19. The number of hydrogen-bond donors (Lipinski definition) is 2. The number of aliphatic hydroxyl groups is 2. The molecular formula is C23H28N2O2. The van der Waals surface area contributed by atoms with Crippen LogP contribution in [0.3, 0.4) is 0 Å². The minimum absolute atomic E-state index is 0.0679. The van der Waals surface area contributed by atoms with E-state index in [1.165, 1.54) is 5.56 Å². The average Bonchev–Trinajstić information content (AvgIpc) is 3.14. The minimum atomic E-state index is -0.0826. The van der Waals surface area contributed by atoms with E-state index in [1.807, 2.05) is 42.1 Å². The third-order valence-corrected chi connectivity index (χ3v) is 5.31. The molecule has 4 heteroatoms. The van der Waals surface area contributed by atoms with Crippen LogP contribution >= 0.6 is 0 Å². The van der Waals surface area contributed by atoms with Gasteiger partial charge in [-0.2, -0.15) is 5.10 Å². The van der Waals surface area contributed by atoms with Gasteiger partial charge in [-0.1, -0.05) is 38.1 Å². The summed E-state index contributed by atoms with van der Waals surface area (Å²) >= 11 is 0. The lowest BCUT2D eigenvalue weighted by molar-refractivity contribution is 0.260. The Kier molecular flexibility index (Phi) is 6.09. The molecule has 27 heavy (non-hydrogen) atoms. The molecule has 2 aromatic carbocycles. The van der Waals surface area contributed by atoms with Crippen molar-refractivity contribution in [2.45, 2.75) is 52.7 Å². The summed E-state index contributed by atoms with van der Waals surface area (Å²) in [4.78, 5) is 0. The van der Waals surface area contributed by atoms with Gasteiger partial charge in [-0.3, -0.25) is 0 Å². The van der Waals surface area contributed by atoms with E-state index < -0.39 is 0 Å². The highest BCUT2D eigenvalue weighted by Gasteiger charge is 2.15. The van der Waals surface area contributed by atoms with Crippen LogP contribution in [0.4, 0.5) is 0 Å². The van der Waals surface area contributed by atoms with Crippen LogP contribution in [0.5, 0.6) is 0 Å². The molecule has 2 N–H and O–H groups in total. The molecule has 0 aliphatic carbocycles. The SMILES string of the molecule is CCC(CC)c1ccc(-c2ccc(CO)c(CO)c2)cc1-n1ccc(C)n1. The fraction of sp³-hybridized carbons (Fsp3) is 0.348. The molecule has 0 spiro atoms. The monoisotopic (exact) mass is 364 g/mol. The van der Waals surface area contributed by atoms with Gasteiger partial charge in [0.15, 0.2) is 0 Å². The molecule has 0 aliphatic rings. The zero-order valence-electron chi connectivity index (χ0n) is 16.3. The molecule has 0 fully saturated rings. The Hall–Kier alpha value is -2.43. The quantitative estimate of drug-likeness (QED) is 0.637. The zero-order chi connectivity index (χ0) is 19.4. The molecule has 0 aliphatic heterocycles. The Morgan fingerprint density at radius 2 is 1.56 bits per heavy atom. The maximum atomic E-state index is 9.61. The molecule has 3 rings (SSSR count). The van der Waals surface area contributed by atoms with Crippen molar-refractivity contribution in [1.82, 2.24) is 9.78 Å². The molecule has 1 heterocycles. The minimum Gasteiger partial charge on any atom is -0.392 e. The number of aromatic nitrogens is 2. The van der Waals surface area contributed by atoms with Gasteiger partial charge in [0, 0.05) is 6.20 Å². The second-order valence-electron chi connectivity index (χ2n) is 6.99. The van der Waals surface area contributed by atoms with Crippen LogP contribution in [-0.4, -0.2) is 20.0 Å². The van der Waals surface area contributed by atoms with Crippen molar-refractivity contribution in [1.29, 1.82) is 0 Å². The Bertz CT molecular complexity index is 910. The van der Waals surface area contributed by atoms with Crippen molar-refractivity contribution in [2.24, 2.45) is 0 Å². The van der Waals surface area contributed by atoms with Crippen LogP contribution in [0.25, 0.3) is 16.8 Å². The topological polar surface area (TPSA) is 58.3 Å². The predicted octanol–water partition coefficient (Wildman–Crippen LogP) is 4.74. The van der Waals surface area contributed by atoms with E-state index in [-0.39, 0.29) is 13.2 Å². The van der Waals surface area contributed by atoms with Gasteiger partial charge in [0.1, 0.15) is 0 Å². The molecule has 0 bridgehead atoms. The summed E-state index contributed by atoms with van der Waals surface area (Å²) in [6.07, 6.45) is 4.18. The van der Waals surface area contributed by atoms with Crippen LogP contribution in [0.1, 0.15) is 55.0 Å². The summed E-state index contributed by atoms with van der Waals surface area (Å²) in [5.41, 5.74) is 7.02. The summed E-state index contributed by atoms with van der Waals surface area (Å²) in [6, 6.07) is 14.4. The largest absolute Gasteiger partial charge is 0.392 e. The second kappa shape index (κ2) is 8.51. The number of rotatable bonds is 7. The maximum absolute atomic E-state index is 9.61. The fourth-order valence-electron chi connectivity index (χ4n) is 3.65. The first kappa shape index (κ1) is 19.3. The van der Waals surface area contributed by atoms with Crippen LogP contribution in [0.2, 0.25) is 0 Å². The van der Waals surface area contributed by atoms with Crippen LogP contribution in [0.15, 0.2) is 48.7 Å². The Balaban J connectivity index is 2.13. The molecule has 0 unspecified atom stereocenters. The first-order valence-corrected chi connectivity index (χ1v) is 9.61. The van der Waals surface area contributed by atoms with Crippen LogP contribution in [0, 0.1) is 6.92 Å². The number of nitrogens with zero attached hydrogens (tertiary/aromatic N) is 2.